The van der Waals surface area contributed by atoms with Gasteiger partial charge in [0.2, 0.25) is 0 Å². The third-order valence-corrected chi connectivity index (χ3v) is 6.50. The molecule has 2 aliphatic carbocycles. The van der Waals surface area contributed by atoms with Crippen molar-refractivity contribution in [1.29, 1.82) is 0 Å². The van der Waals surface area contributed by atoms with Crippen molar-refractivity contribution in [2.75, 3.05) is 6.61 Å². The van der Waals surface area contributed by atoms with Crippen LogP contribution in [-0.4, -0.2) is 22.9 Å². The van der Waals surface area contributed by atoms with Crippen LogP contribution in [0.4, 0.5) is 0 Å². The second-order valence-electron chi connectivity index (χ2n) is 7.67. The van der Waals surface area contributed by atoms with Crippen molar-refractivity contribution in [2.24, 2.45) is 16.7 Å². The Bertz CT molecular complexity index is 351. The first-order valence-corrected chi connectivity index (χ1v) is 7.12. The summed E-state index contributed by atoms with van der Waals surface area (Å²) >= 11 is 0. The highest BCUT2D eigenvalue weighted by atomic mass is 16.6. The Balaban J connectivity index is 2.03. The summed E-state index contributed by atoms with van der Waals surface area (Å²) < 4.78 is 6.12. The van der Waals surface area contributed by atoms with E-state index in [-0.39, 0.29) is 23.2 Å². The molecule has 0 aromatic carbocycles. The van der Waals surface area contributed by atoms with E-state index in [1.54, 1.807) is 0 Å². The average Bonchev–Trinajstić information content (AvgIpc) is 2.85. The molecule has 1 N–H and O–H groups in total. The van der Waals surface area contributed by atoms with Gasteiger partial charge in [-0.1, -0.05) is 27.2 Å². The van der Waals surface area contributed by atoms with Gasteiger partial charge < -0.3 is 9.84 Å². The van der Waals surface area contributed by atoms with Crippen molar-refractivity contribution in [3.05, 3.63) is 0 Å². The van der Waals surface area contributed by atoms with Gasteiger partial charge in [-0.25, -0.2) is 0 Å². The summed E-state index contributed by atoms with van der Waals surface area (Å²) in [5.41, 5.74) is 0.306. The summed E-state index contributed by atoms with van der Waals surface area (Å²) in [6.45, 7) is 9.59. The van der Waals surface area contributed by atoms with Gasteiger partial charge in [0.15, 0.2) is 0 Å². The molecule has 1 aliphatic heterocycles. The molecule has 4 atom stereocenters. The maximum Gasteiger partial charge on any atom is 0.126 e. The molecule has 17 heavy (non-hydrogen) atoms. The van der Waals surface area contributed by atoms with E-state index < -0.39 is 0 Å². The number of fused-ring (bicyclic) bond motifs is 3. The lowest BCUT2D eigenvalue weighted by Crippen LogP contribution is -2.57. The van der Waals surface area contributed by atoms with Crippen molar-refractivity contribution in [3.8, 4) is 0 Å². The molecule has 0 aromatic rings. The smallest absolute Gasteiger partial charge is 0.126 e. The van der Waals surface area contributed by atoms with Crippen molar-refractivity contribution in [2.45, 2.75) is 71.0 Å². The monoisotopic (exact) mass is 238 g/mol. The number of hydrogen-bond donors (Lipinski definition) is 1. The minimum atomic E-state index is -0.236. The van der Waals surface area contributed by atoms with Gasteiger partial charge in [-0.2, -0.15) is 0 Å². The van der Waals surface area contributed by atoms with Gasteiger partial charge in [-0.15, -0.1) is 0 Å². The summed E-state index contributed by atoms with van der Waals surface area (Å²) in [5.74, 6) is 0.700. The van der Waals surface area contributed by atoms with Gasteiger partial charge in [-0.3, -0.25) is 0 Å². The van der Waals surface area contributed by atoms with Gasteiger partial charge in [0, 0.05) is 5.41 Å². The normalized spacial score (nSPS) is 55.9. The molecular formula is C15H26O2. The molecule has 98 valence electrons. The molecule has 1 heterocycles. The van der Waals surface area contributed by atoms with E-state index in [9.17, 15) is 5.11 Å². The molecule has 2 nitrogen and oxygen atoms in total. The molecule has 0 amide bonds. The summed E-state index contributed by atoms with van der Waals surface area (Å²) in [4.78, 5) is 0. The summed E-state index contributed by atoms with van der Waals surface area (Å²) in [6.07, 6.45) is 6.21. The number of rotatable bonds is 1. The SMILES string of the molecule is CC1(C)CCC[C@@]2(C)[C@H]1CC[C@]1(C)O[C@]21CO. The highest BCUT2D eigenvalue weighted by Gasteiger charge is 2.78. The quantitative estimate of drug-likeness (QED) is 0.712. The lowest BCUT2D eigenvalue weighted by Gasteiger charge is -2.56. The second kappa shape index (κ2) is 3.08. The third kappa shape index (κ3) is 1.19. The van der Waals surface area contributed by atoms with E-state index in [0.29, 0.717) is 11.3 Å². The maximum absolute atomic E-state index is 9.91. The molecule has 0 radical (unpaired) electrons. The van der Waals surface area contributed by atoms with E-state index in [4.69, 9.17) is 4.74 Å². The highest BCUT2D eigenvalue weighted by molar-refractivity contribution is 5.26. The molecule has 2 saturated carbocycles. The van der Waals surface area contributed by atoms with Gasteiger partial charge in [0.1, 0.15) is 5.60 Å². The third-order valence-electron chi connectivity index (χ3n) is 6.50. The lowest BCUT2D eigenvalue weighted by atomic mass is 9.46. The van der Waals surface area contributed by atoms with E-state index >= 15 is 0 Å². The average molecular weight is 238 g/mol. The summed E-state index contributed by atoms with van der Waals surface area (Å²) in [7, 11) is 0. The number of aliphatic hydroxyl groups excluding tert-OH is 1. The molecule has 2 heteroatoms. The number of aliphatic hydroxyl groups is 1. The van der Waals surface area contributed by atoms with Crippen LogP contribution in [0, 0.1) is 16.7 Å². The number of epoxide rings is 1. The van der Waals surface area contributed by atoms with Crippen molar-refractivity contribution >= 4 is 0 Å². The van der Waals surface area contributed by atoms with Crippen LogP contribution in [0.5, 0.6) is 0 Å². The number of ether oxygens (including phenoxy) is 1. The molecule has 0 bridgehead atoms. The topological polar surface area (TPSA) is 32.8 Å². The van der Waals surface area contributed by atoms with Gasteiger partial charge >= 0.3 is 0 Å². The fourth-order valence-electron chi connectivity index (χ4n) is 5.45. The fraction of sp³-hybridized carbons (Fsp3) is 1.00. The van der Waals surface area contributed by atoms with Crippen molar-refractivity contribution in [1.82, 2.24) is 0 Å². The standard InChI is InChI=1S/C15H26O2/c1-12(2)7-5-8-13(3)11(12)6-9-14(4)15(13,10-16)17-14/h11,16H,5-10H2,1-4H3/t11-,13-,14-,15+/m0/s1. The van der Waals surface area contributed by atoms with Gasteiger partial charge in [0.05, 0.1) is 12.2 Å². The molecule has 0 aromatic heterocycles. The van der Waals surface area contributed by atoms with Crippen LogP contribution in [0.25, 0.3) is 0 Å². The van der Waals surface area contributed by atoms with Crippen LogP contribution in [0.15, 0.2) is 0 Å². The second-order valence-corrected chi connectivity index (χ2v) is 7.67. The molecular weight excluding hydrogens is 212 g/mol. The zero-order valence-electron chi connectivity index (χ0n) is 11.7. The summed E-state index contributed by atoms with van der Waals surface area (Å²) in [6, 6.07) is 0. The maximum atomic E-state index is 9.91. The van der Waals surface area contributed by atoms with Gasteiger partial charge in [-0.05, 0) is 43.9 Å². The fourth-order valence-corrected chi connectivity index (χ4v) is 5.45. The Morgan fingerprint density at radius 1 is 1.12 bits per heavy atom. The Morgan fingerprint density at radius 2 is 1.82 bits per heavy atom. The largest absolute Gasteiger partial charge is 0.393 e. The van der Waals surface area contributed by atoms with Crippen LogP contribution >= 0.6 is 0 Å². The number of hydrogen-bond acceptors (Lipinski definition) is 2. The van der Waals surface area contributed by atoms with Crippen LogP contribution in [0.1, 0.15) is 59.8 Å². The molecule has 0 unspecified atom stereocenters. The van der Waals surface area contributed by atoms with Crippen LogP contribution < -0.4 is 0 Å². The molecule has 0 spiro atoms. The van der Waals surface area contributed by atoms with Crippen LogP contribution in [-0.2, 0) is 4.74 Å². The first-order chi connectivity index (χ1) is 7.81. The Hall–Kier alpha value is -0.0800. The first-order valence-electron chi connectivity index (χ1n) is 7.12. The zero-order valence-corrected chi connectivity index (χ0v) is 11.7. The van der Waals surface area contributed by atoms with Gasteiger partial charge in [0.25, 0.3) is 0 Å². The van der Waals surface area contributed by atoms with E-state index in [1.807, 2.05) is 0 Å². The zero-order chi connectivity index (χ0) is 12.5. The van der Waals surface area contributed by atoms with Crippen LogP contribution in [0.3, 0.4) is 0 Å². The summed E-state index contributed by atoms with van der Waals surface area (Å²) in [5, 5.41) is 9.91. The molecule has 1 saturated heterocycles. The Morgan fingerprint density at radius 3 is 2.47 bits per heavy atom. The van der Waals surface area contributed by atoms with E-state index in [0.717, 1.165) is 6.42 Å². The molecule has 3 rings (SSSR count). The Kier molecular flexibility index (Phi) is 2.17. The van der Waals surface area contributed by atoms with Crippen LogP contribution in [0.2, 0.25) is 0 Å². The Labute approximate surface area is 105 Å². The molecule has 3 fully saturated rings. The van der Waals surface area contributed by atoms with E-state index in [2.05, 4.69) is 27.7 Å². The van der Waals surface area contributed by atoms with E-state index in [1.165, 1.54) is 25.7 Å². The molecule has 3 aliphatic rings. The lowest BCUT2D eigenvalue weighted by molar-refractivity contribution is -0.0849. The van der Waals surface area contributed by atoms with Crippen molar-refractivity contribution in [3.63, 3.8) is 0 Å². The predicted octanol–water partition coefficient (Wildman–Crippen LogP) is 3.13. The highest BCUT2D eigenvalue weighted by Crippen LogP contribution is 2.72. The minimum Gasteiger partial charge on any atom is -0.393 e. The first kappa shape index (κ1) is 12.0. The predicted molar refractivity (Wildman–Crippen MR) is 67.8 cm³/mol. The minimum absolute atomic E-state index is 0.0413. The van der Waals surface area contributed by atoms with Crippen molar-refractivity contribution < 1.29 is 9.84 Å².